The van der Waals surface area contributed by atoms with E-state index in [1.165, 1.54) is 24.3 Å². The van der Waals surface area contributed by atoms with E-state index in [0.29, 0.717) is 17.2 Å². The number of anilines is 2. The molecule has 11 heteroatoms. The summed E-state index contributed by atoms with van der Waals surface area (Å²) in [5.74, 6) is -0.787. The molecule has 5 rings (SSSR count). The highest BCUT2D eigenvalue weighted by molar-refractivity contribution is 6.01. The van der Waals surface area contributed by atoms with Gasteiger partial charge in [-0.25, -0.2) is 14.1 Å². The lowest BCUT2D eigenvalue weighted by Crippen LogP contribution is -2.47. The number of aliphatic hydroxyl groups excluding tert-OH is 1. The number of nitrogens with zero attached hydrogens (tertiary/aromatic N) is 4. The fraction of sp³-hybridized carbons (Fsp3) is 0.424. The van der Waals surface area contributed by atoms with Gasteiger partial charge in [-0.15, -0.1) is 0 Å². The third-order valence-electron chi connectivity index (χ3n) is 8.04. The number of rotatable bonds is 11. The molecule has 1 saturated carbocycles. The molecule has 0 unspecified atom stereocenters. The molecule has 0 spiro atoms. The second-order valence-corrected chi connectivity index (χ2v) is 11.7. The monoisotopic (exact) mass is 601 g/mol. The summed E-state index contributed by atoms with van der Waals surface area (Å²) in [5.41, 5.74) is 3.12. The molecule has 1 atom stereocenters. The Morgan fingerprint density at radius 3 is 2.41 bits per heavy atom. The van der Waals surface area contributed by atoms with E-state index in [9.17, 15) is 19.1 Å². The lowest BCUT2D eigenvalue weighted by atomic mass is 9.93. The molecule has 4 aromatic rings. The minimum Gasteiger partial charge on any atom is -0.393 e. The molecule has 0 saturated heterocycles. The summed E-state index contributed by atoms with van der Waals surface area (Å²) in [6, 6.07) is 11.9. The first-order valence-corrected chi connectivity index (χ1v) is 15.4. The van der Waals surface area contributed by atoms with Crippen LogP contribution in [0.5, 0.6) is 0 Å². The number of aromatic nitrogens is 4. The summed E-state index contributed by atoms with van der Waals surface area (Å²) in [6.45, 7) is 6.61. The number of carbonyl (C=O) groups is 2. The lowest BCUT2D eigenvalue weighted by Gasteiger charge is -2.25. The van der Waals surface area contributed by atoms with Crippen molar-refractivity contribution in [3.05, 3.63) is 66.1 Å². The summed E-state index contributed by atoms with van der Waals surface area (Å²) in [5, 5.41) is 24.7. The summed E-state index contributed by atoms with van der Waals surface area (Å²) in [7, 11) is 0. The molecular weight excluding hydrogens is 561 g/mol. The van der Waals surface area contributed by atoms with Crippen LogP contribution < -0.4 is 16.0 Å². The maximum atomic E-state index is 13.3. The fourth-order valence-corrected chi connectivity index (χ4v) is 5.45. The van der Waals surface area contributed by atoms with Gasteiger partial charge in [0.15, 0.2) is 5.65 Å². The molecule has 1 fully saturated rings. The topological polar surface area (TPSA) is 134 Å². The predicted molar refractivity (Wildman–Crippen MR) is 169 cm³/mol. The molecular formula is C33H40FN7O3. The molecule has 44 heavy (non-hydrogen) atoms. The number of unbranched alkanes of at least 4 members (excludes halogenated alkanes) is 1. The van der Waals surface area contributed by atoms with Crippen molar-refractivity contribution in [1.82, 2.24) is 25.1 Å². The molecule has 1 aliphatic rings. The van der Waals surface area contributed by atoms with Crippen LogP contribution in [0.25, 0.3) is 22.3 Å². The van der Waals surface area contributed by atoms with Crippen molar-refractivity contribution in [3.63, 3.8) is 0 Å². The van der Waals surface area contributed by atoms with Crippen molar-refractivity contribution in [2.75, 3.05) is 17.2 Å². The largest absolute Gasteiger partial charge is 0.393 e. The Morgan fingerprint density at radius 1 is 1.05 bits per heavy atom. The second-order valence-electron chi connectivity index (χ2n) is 11.7. The van der Waals surface area contributed by atoms with E-state index in [0.717, 1.165) is 67.4 Å². The number of benzene rings is 2. The van der Waals surface area contributed by atoms with Crippen LogP contribution in [-0.2, 0) is 4.79 Å². The average molecular weight is 602 g/mol. The number of hydrogen-bond donors (Lipinski definition) is 4. The minimum absolute atomic E-state index is 0.118. The van der Waals surface area contributed by atoms with Gasteiger partial charge in [-0.1, -0.05) is 39.3 Å². The third kappa shape index (κ3) is 7.21. The van der Waals surface area contributed by atoms with Gasteiger partial charge in [0.2, 0.25) is 11.9 Å². The van der Waals surface area contributed by atoms with Crippen LogP contribution in [0.15, 0.2) is 54.7 Å². The van der Waals surface area contributed by atoms with E-state index in [4.69, 9.17) is 10.1 Å². The highest BCUT2D eigenvalue weighted by Crippen LogP contribution is 2.34. The van der Waals surface area contributed by atoms with Crippen LogP contribution in [0.1, 0.15) is 75.7 Å². The normalized spacial score (nSPS) is 17.4. The second kappa shape index (κ2) is 13.9. The SMILES string of the molecule is CCCCNc1ncc2c(-c3ccc(C(=O)N[C@H](C(=O)Nc4ccc(F)cc4)C(C)C)cc3)nn([C@H]3CC[C@@H](O)CC3)c2n1. The Kier molecular flexibility index (Phi) is 9.84. The summed E-state index contributed by atoms with van der Waals surface area (Å²) in [6.07, 6.45) is 6.65. The quantitative estimate of drug-likeness (QED) is 0.162. The summed E-state index contributed by atoms with van der Waals surface area (Å²) < 4.78 is 15.2. The standard InChI is InChI=1S/C33H40FN7O3/c1-4-5-18-35-33-36-19-27-29(40-41(30(27)39-33)25-14-16-26(42)17-15-25)21-6-8-22(9-7-21)31(43)38-28(20(2)3)32(44)37-24-12-10-23(34)11-13-24/h6-13,19-20,25-26,28,42H,4-5,14-18H2,1-3H3,(H,37,44)(H,38,43)(H,35,36,39)/t25-,26+,28-/m0/s1. The molecule has 0 aliphatic heterocycles. The maximum absolute atomic E-state index is 13.3. The van der Waals surface area contributed by atoms with Crippen LogP contribution in [0.4, 0.5) is 16.0 Å². The number of amides is 2. The molecule has 10 nitrogen and oxygen atoms in total. The number of nitrogens with one attached hydrogen (secondary N) is 3. The van der Waals surface area contributed by atoms with Crippen LogP contribution >= 0.6 is 0 Å². The summed E-state index contributed by atoms with van der Waals surface area (Å²) >= 11 is 0. The molecule has 2 aromatic carbocycles. The van der Waals surface area contributed by atoms with E-state index >= 15 is 0 Å². The minimum atomic E-state index is -0.793. The van der Waals surface area contributed by atoms with Gasteiger partial charge in [-0.05, 0) is 74.4 Å². The Morgan fingerprint density at radius 2 is 1.75 bits per heavy atom. The molecule has 2 heterocycles. The zero-order valence-corrected chi connectivity index (χ0v) is 25.4. The van der Waals surface area contributed by atoms with Gasteiger partial charge in [0.25, 0.3) is 5.91 Å². The Balaban J connectivity index is 1.36. The smallest absolute Gasteiger partial charge is 0.251 e. The van der Waals surface area contributed by atoms with Crippen molar-refractivity contribution in [1.29, 1.82) is 0 Å². The lowest BCUT2D eigenvalue weighted by molar-refractivity contribution is -0.118. The van der Waals surface area contributed by atoms with Crippen LogP contribution in [0.3, 0.4) is 0 Å². The van der Waals surface area contributed by atoms with Crippen LogP contribution in [0.2, 0.25) is 0 Å². The molecule has 2 aromatic heterocycles. The zero-order chi connectivity index (χ0) is 31.2. The third-order valence-corrected chi connectivity index (χ3v) is 8.04. The number of aliphatic hydroxyl groups is 1. The Hall–Kier alpha value is -4.38. The van der Waals surface area contributed by atoms with Gasteiger partial charge in [-0.2, -0.15) is 10.1 Å². The van der Waals surface area contributed by atoms with Crippen molar-refractivity contribution >= 4 is 34.5 Å². The zero-order valence-electron chi connectivity index (χ0n) is 25.4. The Bertz CT molecular complexity index is 1580. The number of carbonyl (C=O) groups excluding carboxylic acids is 2. The first-order chi connectivity index (χ1) is 21.2. The first kappa shape index (κ1) is 31.1. The van der Waals surface area contributed by atoms with E-state index in [1.807, 2.05) is 30.7 Å². The molecule has 2 amide bonds. The number of fused-ring (bicyclic) bond motifs is 1. The van der Waals surface area contributed by atoms with Gasteiger partial charge in [0.1, 0.15) is 17.6 Å². The molecule has 4 N–H and O–H groups in total. The van der Waals surface area contributed by atoms with Crippen molar-refractivity contribution in [2.24, 2.45) is 5.92 Å². The highest BCUT2D eigenvalue weighted by Gasteiger charge is 2.27. The van der Waals surface area contributed by atoms with Crippen LogP contribution in [-0.4, -0.2) is 55.4 Å². The molecule has 1 aliphatic carbocycles. The van der Waals surface area contributed by atoms with Gasteiger partial charge < -0.3 is 21.1 Å². The maximum Gasteiger partial charge on any atom is 0.251 e. The van der Waals surface area contributed by atoms with Gasteiger partial charge in [-0.3, -0.25) is 9.59 Å². The van der Waals surface area contributed by atoms with Crippen molar-refractivity contribution < 1.29 is 19.1 Å². The van der Waals surface area contributed by atoms with Gasteiger partial charge in [0, 0.05) is 29.6 Å². The van der Waals surface area contributed by atoms with E-state index in [1.54, 1.807) is 18.3 Å². The van der Waals surface area contributed by atoms with E-state index < -0.39 is 11.9 Å². The van der Waals surface area contributed by atoms with Gasteiger partial charge >= 0.3 is 0 Å². The van der Waals surface area contributed by atoms with Crippen LogP contribution in [0, 0.1) is 11.7 Å². The summed E-state index contributed by atoms with van der Waals surface area (Å²) in [4.78, 5) is 35.5. The van der Waals surface area contributed by atoms with Crippen molar-refractivity contribution in [2.45, 2.75) is 77.5 Å². The fourth-order valence-electron chi connectivity index (χ4n) is 5.45. The van der Waals surface area contributed by atoms with E-state index in [-0.39, 0.29) is 29.9 Å². The van der Waals surface area contributed by atoms with E-state index in [2.05, 4.69) is 27.9 Å². The van der Waals surface area contributed by atoms with Gasteiger partial charge in [0.05, 0.1) is 17.5 Å². The average Bonchev–Trinajstić information content (AvgIpc) is 3.40. The predicted octanol–water partition coefficient (Wildman–Crippen LogP) is 5.71. The number of halogens is 1. The molecule has 0 bridgehead atoms. The molecule has 232 valence electrons. The van der Waals surface area contributed by atoms with Crippen molar-refractivity contribution in [3.8, 4) is 11.3 Å². The molecule has 0 radical (unpaired) electrons. The Labute approximate surface area is 256 Å². The number of hydrogen-bond acceptors (Lipinski definition) is 7. The highest BCUT2D eigenvalue weighted by atomic mass is 19.1. The first-order valence-electron chi connectivity index (χ1n) is 15.4.